The van der Waals surface area contributed by atoms with Crippen molar-refractivity contribution in [1.82, 2.24) is 0 Å². The predicted molar refractivity (Wildman–Crippen MR) is 154 cm³/mol. The molecular weight excluding hydrogens is 504 g/mol. The van der Waals surface area contributed by atoms with Crippen molar-refractivity contribution >= 4 is 20.9 Å². The van der Waals surface area contributed by atoms with Crippen molar-refractivity contribution < 1.29 is 64.4 Å². The first kappa shape index (κ1) is 35.3. The molecule has 204 valence electrons. The second-order valence-corrected chi connectivity index (χ2v) is 12.1. The third-order valence-electron chi connectivity index (χ3n) is 7.52. The number of benzene rings is 2. The fourth-order valence-electron chi connectivity index (χ4n) is 5.32. The van der Waals surface area contributed by atoms with Gasteiger partial charge in [-0.25, -0.2) is 8.42 Å². The average Bonchev–Trinajstić information content (AvgIpc) is 2.85. The van der Waals surface area contributed by atoms with Crippen LogP contribution >= 0.6 is 0 Å². The van der Waals surface area contributed by atoms with E-state index >= 15 is 0 Å². The van der Waals surface area contributed by atoms with Gasteiger partial charge in [0.25, 0.3) is 0 Å². The molecule has 0 amide bonds. The number of rotatable bonds is 21. The van der Waals surface area contributed by atoms with Crippen molar-refractivity contribution in [2.75, 3.05) is 0 Å². The second kappa shape index (κ2) is 21.1. The van der Waals surface area contributed by atoms with Gasteiger partial charge in [-0.05, 0) is 53.6 Å². The van der Waals surface area contributed by atoms with Crippen molar-refractivity contribution in [2.24, 2.45) is 0 Å². The fraction of sp³-hybridized carbons (Fsp3) is 0.688. The van der Waals surface area contributed by atoms with Crippen LogP contribution < -0.4 is 51.4 Å². The van der Waals surface area contributed by atoms with Crippen molar-refractivity contribution in [1.29, 1.82) is 0 Å². The Kier molecular flexibility index (Phi) is 20.1. The van der Waals surface area contributed by atoms with Crippen molar-refractivity contribution in [3.05, 3.63) is 41.5 Å². The Morgan fingerprint density at radius 1 is 0.595 bits per heavy atom. The minimum Gasteiger partial charge on any atom is -0.744 e. The van der Waals surface area contributed by atoms with Gasteiger partial charge in [0.05, 0.1) is 4.90 Å². The molecule has 0 aliphatic carbocycles. The van der Waals surface area contributed by atoms with Gasteiger partial charge < -0.3 is 4.55 Å². The van der Waals surface area contributed by atoms with E-state index < -0.39 is 10.1 Å². The van der Waals surface area contributed by atoms with Crippen LogP contribution in [0.5, 0.6) is 0 Å². The summed E-state index contributed by atoms with van der Waals surface area (Å²) in [6.45, 7) is 4.50. The van der Waals surface area contributed by atoms with Gasteiger partial charge in [-0.3, -0.25) is 0 Å². The second-order valence-electron chi connectivity index (χ2n) is 10.7. The standard InChI is InChI=1S/C32H52O3S.K/c1-3-5-7-9-11-13-15-17-19-21-28-23-25-30-29(27-28)24-26-32(36(33,34)35)31(30)22-20-18-16-14-12-10-8-6-4-2;/h23-27H,3-22H2,1-2H3,(H,33,34,35);/q;+1/p-1. The molecule has 0 bridgehead atoms. The molecule has 0 aliphatic rings. The minimum absolute atomic E-state index is 0. The summed E-state index contributed by atoms with van der Waals surface area (Å²) in [6.07, 6.45) is 24.6. The van der Waals surface area contributed by atoms with Crippen LogP contribution in [0, 0.1) is 0 Å². The Hall–Kier alpha value is 0.246. The molecule has 5 heteroatoms. The normalized spacial score (nSPS) is 11.6. The zero-order valence-electron chi connectivity index (χ0n) is 24.2. The van der Waals surface area contributed by atoms with Crippen LogP contribution in [0.3, 0.4) is 0 Å². The molecule has 0 aromatic heterocycles. The molecular formula is C32H51KO3S. The molecule has 0 aliphatic heterocycles. The van der Waals surface area contributed by atoms with Crippen molar-refractivity contribution in [3.8, 4) is 0 Å². The Labute approximate surface area is 271 Å². The molecule has 0 atom stereocenters. The maximum absolute atomic E-state index is 12.0. The smallest absolute Gasteiger partial charge is 0.744 e. The number of aryl methyl sites for hydroxylation is 2. The van der Waals surface area contributed by atoms with Crippen LogP contribution in [0.2, 0.25) is 0 Å². The van der Waals surface area contributed by atoms with Crippen LogP contribution in [0.1, 0.15) is 141 Å². The SMILES string of the molecule is CCCCCCCCCCCc1ccc2c(CCCCCCCCCCC)c(S(=O)(=O)[O-])ccc2c1.[K+]. The van der Waals surface area contributed by atoms with E-state index in [1.807, 2.05) is 6.07 Å². The summed E-state index contributed by atoms with van der Waals surface area (Å²) >= 11 is 0. The first-order chi connectivity index (χ1) is 17.5. The Morgan fingerprint density at radius 3 is 1.54 bits per heavy atom. The van der Waals surface area contributed by atoms with Crippen LogP contribution in [0.15, 0.2) is 35.2 Å². The molecule has 0 heterocycles. The zero-order valence-corrected chi connectivity index (χ0v) is 28.1. The summed E-state index contributed by atoms with van der Waals surface area (Å²) in [5, 5.41) is 1.99. The van der Waals surface area contributed by atoms with Gasteiger partial charge in [-0.15, -0.1) is 0 Å². The maximum Gasteiger partial charge on any atom is 1.00 e. The summed E-state index contributed by atoms with van der Waals surface area (Å²) in [5.74, 6) is 0. The van der Waals surface area contributed by atoms with Gasteiger partial charge in [0.15, 0.2) is 0 Å². The fourth-order valence-corrected chi connectivity index (χ4v) is 6.07. The summed E-state index contributed by atoms with van der Waals surface area (Å²) in [6, 6.07) is 9.74. The Balaban J connectivity index is 0.00000684. The quantitative estimate of drug-likeness (QED) is 0.0958. The summed E-state index contributed by atoms with van der Waals surface area (Å²) < 4.78 is 35.9. The van der Waals surface area contributed by atoms with Gasteiger partial charge in [0.2, 0.25) is 0 Å². The molecule has 0 N–H and O–H groups in total. The monoisotopic (exact) mass is 554 g/mol. The van der Waals surface area contributed by atoms with E-state index in [4.69, 9.17) is 0 Å². The molecule has 0 unspecified atom stereocenters. The molecule has 0 fully saturated rings. The number of fused-ring (bicyclic) bond motifs is 1. The summed E-state index contributed by atoms with van der Waals surface area (Å²) in [7, 11) is -4.48. The largest absolute Gasteiger partial charge is 1.00 e. The molecule has 37 heavy (non-hydrogen) atoms. The maximum atomic E-state index is 12.0. The molecule has 0 spiro atoms. The number of unbranched alkanes of at least 4 members (excludes halogenated alkanes) is 16. The van der Waals surface area contributed by atoms with E-state index in [-0.39, 0.29) is 56.3 Å². The van der Waals surface area contributed by atoms with Crippen molar-refractivity contribution in [2.45, 2.75) is 147 Å². The Bertz CT molecular complexity index is 971. The number of hydrogen-bond donors (Lipinski definition) is 0. The van der Waals surface area contributed by atoms with Gasteiger partial charge >= 0.3 is 51.4 Å². The topological polar surface area (TPSA) is 57.2 Å². The van der Waals surface area contributed by atoms with E-state index in [9.17, 15) is 13.0 Å². The molecule has 0 saturated heterocycles. The molecule has 0 saturated carbocycles. The van der Waals surface area contributed by atoms with Gasteiger partial charge in [-0.1, -0.05) is 141 Å². The van der Waals surface area contributed by atoms with Crippen LogP contribution in [-0.4, -0.2) is 13.0 Å². The van der Waals surface area contributed by atoms with Gasteiger partial charge in [-0.2, -0.15) is 0 Å². The first-order valence-electron chi connectivity index (χ1n) is 15.0. The summed E-state index contributed by atoms with van der Waals surface area (Å²) in [4.78, 5) is -0.0266. The summed E-state index contributed by atoms with van der Waals surface area (Å²) in [5.41, 5.74) is 2.03. The van der Waals surface area contributed by atoms with Crippen LogP contribution in [0.4, 0.5) is 0 Å². The van der Waals surface area contributed by atoms with Crippen LogP contribution in [-0.2, 0) is 23.0 Å². The van der Waals surface area contributed by atoms with E-state index in [1.54, 1.807) is 0 Å². The van der Waals surface area contributed by atoms with E-state index in [2.05, 4.69) is 32.0 Å². The van der Waals surface area contributed by atoms with Crippen molar-refractivity contribution in [3.63, 3.8) is 0 Å². The first-order valence-corrected chi connectivity index (χ1v) is 16.4. The van der Waals surface area contributed by atoms with Crippen LogP contribution in [0.25, 0.3) is 10.8 Å². The molecule has 2 rings (SSSR count). The predicted octanol–water partition coefficient (Wildman–Crippen LogP) is 6.89. The third kappa shape index (κ3) is 14.4. The van der Waals surface area contributed by atoms with E-state index in [0.717, 1.165) is 35.6 Å². The Morgan fingerprint density at radius 2 is 1.05 bits per heavy atom. The van der Waals surface area contributed by atoms with E-state index in [0.29, 0.717) is 6.42 Å². The zero-order chi connectivity index (χ0) is 26.1. The minimum atomic E-state index is -4.48. The molecule has 0 radical (unpaired) electrons. The van der Waals surface area contributed by atoms with Gasteiger partial charge in [0.1, 0.15) is 10.1 Å². The number of hydrogen-bond acceptors (Lipinski definition) is 3. The third-order valence-corrected chi connectivity index (χ3v) is 8.44. The van der Waals surface area contributed by atoms with Gasteiger partial charge in [0, 0.05) is 0 Å². The average molecular weight is 555 g/mol. The van der Waals surface area contributed by atoms with E-state index in [1.165, 1.54) is 114 Å². The molecule has 3 nitrogen and oxygen atoms in total. The molecule has 2 aromatic carbocycles. The molecule has 2 aromatic rings.